The first-order chi connectivity index (χ1) is 8.08. The van der Waals surface area contributed by atoms with Gasteiger partial charge in [-0.05, 0) is 51.2 Å². The van der Waals surface area contributed by atoms with Crippen molar-refractivity contribution < 1.29 is 14.6 Å². The summed E-state index contributed by atoms with van der Waals surface area (Å²) in [6, 6.07) is 1.77. The van der Waals surface area contributed by atoms with E-state index < -0.39 is 5.97 Å². The van der Waals surface area contributed by atoms with Gasteiger partial charge in [0.05, 0.1) is 0 Å². The van der Waals surface area contributed by atoms with Crippen molar-refractivity contribution in [3.63, 3.8) is 0 Å². The van der Waals surface area contributed by atoms with Crippen molar-refractivity contribution in [2.45, 2.75) is 45.6 Å². The van der Waals surface area contributed by atoms with E-state index >= 15 is 0 Å². The number of carboxylic acids is 1. The highest BCUT2D eigenvalue weighted by atomic mass is 16.5. The maximum atomic E-state index is 11.2. The summed E-state index contributed by atoms with van der Waals surface area (Å²) in [7, 11) is 0. The first kappa shape index (κ1) is 11.9. The van der Waals surface area contributed by atoms with Crippen molar-refractivity contribution in [1.82, 2.24) is 4.98 Å². The number of aryl methyl sites for hydroxylation is 2. The summed E-state index contributed by atoms with van der Waals surface area (Å²) in [6.45, 7) is 3.62. The van der Waals surface area contributed by atoms with Gasteiger partial charge in [0.1, 0.15) is 11.7 Å². The number of hydrogen-bond acceptors (Lipinski definition) is 3. The second kappa shape index (κ2) is 4.73. The van der Waals surface area contributed by atoms with Crippen LogP contribution in [-0.2, 0) is 0 Å². The smallest absolute Gasteiger partial charge is 0.341 e. The lowest BCUT2D eigenvalue weighted by Gasteiger charge is -2.15. The minimum Gasteiger partial charge on any atom is -0.477 e. The van der Waals surface area contributed by atoms with Gasteiger partial charge < -0.3 is 9.84 Å². The van der Waals surface area contributed by atoms with E-state index in [0.29, 0.717) is 5.56 Å². The standard InChI is InChI=1S/C13H17NO3/c1-8-7-9(2)14-12(11(8)13(15)16)17-10-5-3-4-6-10/h7,10H,3-6H2,1-2H3,(H,15,16). The zero-order chi connectivity index (χ0) is 12.4. The van der Waals surface area contributed by atoms with Gasteiger partial charge in [0, 0.05) is 5.69 Å². The van der Waals surface area contributed by atoms with Gasteiger partial charge in [0.25, 0.3) is 0 Å². The second-order valence-electron chi connectivity index (χ2n) is 4.59. The molecule has 1 saturated carbocycles. The fourth-order valence-electron chi connectivity index (χ4n) is 2.31. The third kappa shape index (κ3) is 2.57. The highest BCUT2D eigenvalue weighted by Crippen LogP contribution is 2.27. The molecule has 17 heavy (non-hydrogen) atoms. The van der Waals surface area contributed by atoms with Crippen LogP contribution in [0.4, 0.5) is 0 Å². The molecule has 1 aromatic heterocycles. The number of pyridine rings is 1. The Morgan fingerprint density at radius 2 is 2.06 bits per heavy atom. The molecule has 0 bridgehead atoms. The molecule has 0 saturated heterocycles. The zero-order valence-electron chi connectivity index (χ0n) is 10.2. The van der Waals surface area contributed by atoms with Crippen LogP contribution in [0.5, 0.6) is 5.88 Å². The quantitative estimate of drug-likeness (QED) is 0.875. The Bertz CT molecular complexity index is 437. The Balaban J connectivity index is 2.32. The van der Waals surface area contributed by atoms with E-state index in [-0.39, 0.29) is 17.5 Å². The van der Waals surface area contributed by atoms with Crippen LogP contribution in [0, 0.1) is 13.8 Å². The van der Waals surface area contributed by atoms with E-state index in [4.69, 9.17) is 4.74 Å². The lowest BCUT2D eigenvalue weighted by molar-refractivity contribution is 0.0686. The fourth-order valence-corrected chi connectivity index (χ4v) is 2.31. The fraction of sp³-hybridized carbons (Fsp3) is 0.538. The molecule has 2 rings (SSSR count). The van der Waals surface area contributed by atoms with Gasteiger partial charge in [-0.25, -0.2) is 9.78 Å². The van der Waals surface area contributed by atoms with Gasteiger partial charge >= 0.3 is 5.97 Å². The summed E-state index contributed by atoms with van der Waals surface area (Å²) >= 11 is 0. The summed E-state index contributed by atoms with van der Waals surface area (Å²) in [5.41, 5.74) is 1.70. The van der Waals surface area contributed by atoms with Crippen molar-refractivity contribution in [2.75, 3.05) is 0 Å². The second-order valence-corrected chi connectivity index (χ2v) is 4.59. The molecule has 0 spiro atoms. The van der Waals surface area contributed by atoms with E-state index in [0.717, 1.165) is 31.4 Å². The molecule has 1 aliphatic rings. The monoisotopic (exact) mass is 235 g/mol. The summed E-state index contributed by atoms with van der Waals surface area (Å²) in [5.74, 6) is -0.690. The van der Waals surface area contributed by atoms with Gasteiger partial charge in [-0.3, -0.25) is 0 Å². The van der Waals surface area contributed by atoms with Crippen LogP contribution in [0.15, 0.2) is 6.07 Å². The molecule has 0 amide bonds. The van der Waals surface area contributed by atoms with E-state index in [2.05, 4.69) is 4.98 Å². The minimum atomic E-state index is -0.969. The topological polar surface area (TPSA) is 59.4 Å². The van der Waals surface area contributed by atoms with Crippen molar-refractivity contribution in [3.8, 4) is 5.88 Å². The predicted octanol–water partition coefficient (Wildman–Crippen LogP) is 2.72. The molecule has 1 aliphatic carbocycles. The van der Waals surface area contributed by atoms with Crippen LogP contribution in [0.1, 0.15) is 47.3 Å². The van der Waals surface area contributed by atoms with Gasteiger partial charge in [-0.2, -0.15) is 0 Å². The number of hydrogen-bond donors (Lipinski definition) is 1. The van der Waals surface area contributed by atoms with Crippen molar-refractivity contribution in [2.24, 2.45) is 0 Å². The van der Waals surface area contributed by atoms with Crippen LogP contribution in [-0.4, -0.2) is 22.2 Å². The Labute approximate surface area is 101 Å². The molecule has 0 unspecified atom stereocenters. The van der Waals surface area contributed by atoms with Crippen LogP contribution in [0.2, 0.25) is 0 Å². The number of nitrogens with zero attached hydrogens (tertiary/aromatic N) is 1. The Morgan fingerprint density at radius 1 is 1.41 bits per heavy atom. The average Bonchev–Trinajstić information content (AvgIpc) is 2.68. The number of ether oxygens (including phenoxy) is 1. The van der Waals surface area contributed by atoms with Gasteiger partial charge in [-0.15, -0.1) is 0 Å². The molecule has 0 radical (unpaired) electrons. The van der Waals surface area contributed by atoms with Crippen molar-refractivity contribution >= 4 is 5.97 Å². The zero-order valence-corrected chi connectivity index (χ0v) is 10.2. The van der Waals surface area contributed by atoms with Gasteiger partial charge in [0.15, 0.2) is 0 Å². The third-order valence-electron chi connectivity index (χ3n) is 3.11. The van der Waals surface area contributed by atoms with Crippen LogP contribution in [0.3, 0.4) is 0 Å². The maximum absolute atomic E-state index is 11.2. The molecular formula is C13H17NO3. The SMILES string of the molecule is Cc1cc(C)c(C(=O)O)c(OC2CCCC2)n1. The highest BCUT2D eigenvalue weighted by molar-refractivity contribution is 5.91. The van der Waals surface area contributed by atoms with E-state index in [1.54, 1.807) is 13.0 Å². The highest BCUT2D eigenvalue weighted by Gasteiger charge is 2.22. The maximum Gasteiger partial charge on any atom is 0.341 e. The molecule has 4 heteroatoms. The molecule has 1 fully saturated rings. The Kier molecular flexibility index (Phi) is 3.31. The average molecular weight is 235 g/mol. The van der Waals surface area contributed by atoms with E-state index in [9.17, 15) is 9.90 Å². The first-order valence-electron chi connectivity index (χ1n) is 5.96. The Hall–Kier alpha value is -1.58. The Morgan fingerprint density at radius 3 is 2.65 bits per heavy atom. The van der Waals surface area contributed by atoms with Gasteiger partial charge in [-0.1, -0.05) is 0 Å². The minimum absolute atomic E-state index is 0.127. The van der Waals surface area contributed by atoms with Crippen LogP contribution >= 0.6 is 0 Å². The molecule has 92 valence electrons. The predicted molar refractivity (Wildman–Crippen MR) is 63.6 cm³/mol. The summed E-state index contributed by atoms with van der Waals surface area (Å²) < 4.78 is 5.74. The molecular weight excluding hydrogens is 218 g/mol. The first-order valence-corrected chi connectivity index (χ1v) is 5.96. The van der Waals surface area contributed by atoms with Crippen LogP contribution in [0.25, 0.3) is 0 Å². The molecule has 1 N–H and O–H groups in total. The lowest BCUT2D eigenvalue weighted by Crippen LogP contribution is -2.16. The number of rotatable bonds is 3. The number of aromatic carboxylic acids is 1. The number of aromatic nitrogens is 1. The summed E-state index contributed by atoms with van der Waals surface area (Å²) in [5, 5.41) is 9.19. The lowest BCUT2D eigenvalue weighted by atomic mass is 10.1. The normalized spacial score (nSPS) is 16.1. The van der Waals surface area contributed by atoms with E-state index in [1.165, 1.54) is 0 Å². The molecule has 1 aromatic rings. The molecule has 1 heterocycles. The van der Waals surface area contributed by atoms with Gasteiger partial charge in [0.2, 0.25) is 5.88 Å². The van der Waals surface area contributed by atoms with Crippen molar-refractivity contribution in [1.29, 1.82) is 0 Å². The van der Waals surface area contributed by atoms with E-state index in [1.807, 2.05) is 6.92 Å². The van der Waals surface area contributed by atoms with Crippen LogP contribution < -0.4 is 4.74 Å². The number of carboxylic acid groups (broad SMARTS) is 1. The number of carbonyl (C=O) groups is 1. The largest absolute Gasteiger partial charge is 0.477 e. The molecule has 0 atom stereocenters. The summed E-state index contributed by atoms with van der Waals surface area (Å²) in [6.07, 6.45) is 4.42. The van der Waals surface area contributed by atoms with Crippen molar-refractivity contribution in [3.05, 3.63) is 22.9 Å². The molecule has 0 aromatic carbocycles. The molecule has 4 nitrogen and oxygen atoms in total. The third-order valence-corrected chi connectivity index (χ3v) is 3.11. The molecule has 0 aliphatic heterocycles. The summed E-state index contributed by atoms with van der Waals surface area (Å²) in [4.78, 5) is 15.4.